The van der Waals surface area contributed by atoms with Crippen LogP contribution in [0.25, 0.3) is 0 Å². The first-order chi connectivity index (χ1) is 10.7. The number of fused-ring (bicyclic) bond motifs is 1. The Hall–Kier alpha value is -2.36. The van der Waals surface area contributed by atoms with E-state index < -0.39 is 6.10 Å². The van der Waals surface area contributed by atoms with Crippen molar-refractivity contribution >= 4 is 0 Å². The summed E-state index contributed by atoms with van der Waals surface area (Å²) in [5.74, 6) is 1.69. The smallest absolute Gasteiger partial charge is 0.122 e. The highest BCUT2D eigenvalue weighted by molar-refractivity contribution is 5.34. The average Bonchev–Trinajstić information content (AvgIpc) is 3.01. The molecule has 0 saturated carbocycles. The van der Waals surface area contributed by atoms with Gasteiger partial charge in [-0.3, -0.25) is 4.90 Å². The molecule has 2 aromatic rings. The van der Waals surface area contributed by atoms with E-state index in [-0.39, 0.29) is 6.61 Å². The molecule has 0 unspecified atom stereocenters. The quantitative estimate of drug-likeness (QED) is 0.891. The number of nitrogens with zero attached hydrogens (tertiary/aromatic N) is 4. The van der Waals surface area contributed by atoms with Gasteiger partial charge in [-0.05, 0) is 24.3 Å². The van der Waals surface area contributed by atoms with Gasteiger partial charge in [0.25, 0.3) is 0 Å². The molecule has 1 aliphatic heterocycles. The van der Waals surface area contributed by atoms with Crippen LogP contribution in [0.4, 0.5) is 0 Å². The van der Waals surface area contributed by atoms with E-state index in [0.717, 1.165) is 25.5 Å². The van der Waals surface area contributed by atoms with E-state index in [2.05, 4.69) is 20.5 Å². The summed E-state index contributed by atoms with van der Waals surface area (Å²) in [4.78, 5) is 6.48. The summed E-state index contributed by atoms with van der Waals surface area (Å²) in [7, 11) is 0. The van der Waals surface area contributed by atoms with Crippen molar-refractivity contribution in [1.29, 1.82) is 5.26 Å². The summed E-state index contributed by atoms with van der Waals surface area (Å²) in [6.45, 7) is 3.34. The molecule has 0 bridgehead atoms. The Bertz CT molecular complexity index is 660. The molecule has 114 valence electrons. The molecule has 1 aromatic heterocycles. The number of aromatic nitrogens is 2. The molecule has 0 spiro atoms. The van der Waals surface area contributed by atoms with E-state index in [0.29, 0.717) is 17.9 Å². The lowest BCUT2D eigenvalue weighted by Crippen LogP contribution is -2.40. The van der Waals surface area contributed by atoms with Crippen LogP contribution in [0.2, 0.25) is 0 Å². The van der Waals surface area contributed by atoms with Crippen molar-refractivity contribution in [3.8, 4) is 11.8 Å². The molecule has 0 saturated heterocycles. The van der Waals surface area contributed by atoms with Crippen LogP contribution in [0, 0.1) is 11.3 Å². The molecule has 6 nitrogen and oxygen atoms in total. The van der Waals surface area contributed by atoms with Crippen molar-refractivity contribution in [2.75, 3.05) is 19.7 Å². The molecule has 2 heterocycles. The Morgan fingerprint density at radius 1 is 1.32 bits per heavy atom. The molecule has 1 atom stereocenters. The summed E-state index contributed by atoms with van der Waals surface area (Å²) >= 11 is 0. The largest absolute Gasteiger partial charge is 0.491 e. The Balaban J connectivity index is 1.46. The number of benzene rings is 1. The van der Waals surface area contributed by atoms with Crippen molar-refractivity contribution in [3.63, 3.8) is 0 Å². The lowest BCUT2D eigenvalue weighted by molar-refractivity contribution is 0.0583. The molecule has 1 aromatic carbocycles. The van der Waals surface area contributed by atoms with Crippen LogP contribution in [0.5, 0.6) is 5.75 Å². The Morgan fingerprint density at radius 3 is 2.91 bits per heavy atom. The van der Waals surface area contributed by atoms with Gasteiger partial charge in [0.15, 0.2) is 0 Å². The van der Waals surface area contributed by atoms with Crippen LogP contribution < -0.4 is 4.74 Å². The molecule has 0 radical (unpaired) electrons. The molecular formula is C16H18N4O2. The standard InChI is InChI=1S/C16H18N4O2/c17-9-13-1-3-15(4-2-13)22-12-14(21)10-19-7-8-20-6-5-18-16(20)11-19/h1-6,14,21H,7-8,10-12H2/t14-/m0/s1. The van der Waals surface area contributed by atoms with Crippen molar-refractivity contribution in [2.45, 2.75) is 19.2 Å². The minimum Gasteiger partial charge on any atom is -0.491 e. The number of imidazole rings is 1. The Kier molecular flexibility index (Phi) is 4.37. The van der Waals surface area contributed by atoms with Gasteiger partial charge in [-0.2, -0.15) is 5.26 Å². The van der Waals surface area contributed by atoms with Gasteiger partial charge in [0, 0.05) is 32.0 Å². The van der Waals surface area contributed by atoms with Crippen LogP contribution in [0.1, 0.15) is 11.4 Å². The van der Waals surface area contributed by atoms with Crippen LogP contribution in [-0.4, -0.2) is 45.4 Å². The molecule has 22 heavy (non-hydrogen) atoms. The zero-order valence-corrected chi connectivity index (χ0v) is 12.2. The van der Waals surface area contributed by atoms with Crippen LogP contribution in [0.3, 0.4) is 0 Å². The third-order valence-electron chi connectivity index (χ3n) is 3.72. The summed E-state index contributed by atoms with van der Waals surface area (Å²) in [6.07, 6.45) is 3.23. The first-order valence-corrected chi connectivity index (χ1v) is 7.28. The highest BCUT2D eigenvalue weighted by atomic mass is 16.5. The molecule has 1 N–H and O–H groups in total. The number of nitriles is 1. The fourth-order valence-corrected chi connectivity index (χ4v) is 2.55. The number of hydrogen-bond acceptors (Lipinski definition) is 5. The van der Waals surface area contributed by atoms with Crippen molar-refractivity contribution < 1.29 is 9.84 Å². The van der Waals surface area contributed by atoms with Crippen molar-refractivity contribution in [3.05, 3.63) is 48.0 Å². The van der Waals surface area contributed by atoms with Gasteiger partial charge in [-0.1, -0.05) is 0 Å². The molecule has 0 amide bonds. The second kappa shape index (κ2) is 6.60. The number of β-amino-alcohol motifs (C(OH)–C–C–N with tert-alkyl or cyclic N) is 1. The van der Waals surface area contributed by atoms with Gasteiger partial charge in [0.05, 0.1) is 18.2 Å². The van der Waals surface area contributed by atoms with Gasteiger partial charge in [-0.15, -0.1) is 0 Å². The van der Waals surface area contributed by atoms with Crippen molar-refractivity contribution in [2.24, 2.45) is 0 Å². The molecule has 0 aliphatic carbocycles. The third-order valence-corrected chi connectivity index (χ3v) is 3.72. The summed E-state index contributed by atoms with van der Waals surface area (Å²) in [6, 6.07) is 8.94. The third kappa shape index (κ3) is 3.45. The van der Waals surface area contributed by atoms with Crippen LogP contribution in [0.15, 0.2) is 36.7 Å². The predicted octanol–water partition coefficient (Wildman–Crippen LogP) is 1.01. The van der Waals surface area contributed by atoms with Gasteiger partial charge >= 0.3 is 0 Å². The predicted molar refractivity (Wildman–Crippen MR) is 80.2 cm³/mol. The first-order valence-electron chi connectivity index (χ1n) is 7.28. The zero-order valence-electron chi connectivity index (χ0n) is 12.2. The molecule has 0 fully saturated rings. The minimum atomic E-state index is -0.558. The number of aliphatic hydroxyl groups excluding tert-OH is 1. The van der Waals surface area contributed by atoms with Gasteiger partial charge in [-0.25, -0.2) is 4.98 Å². The molecule has 1 aliphatic rings. The maximum Gasteiger partial charge on any atom is 0.122 e. The maximum atomic E-state index is 10.1. The average molecular weight is 298 g/mol. The van der Waals surface area contributed by atoms with Crippen LogP contribution >= 0.6 is 0 Å². The van der Waals surface area contributed by atoms with Crippen LogP contribution in [-0.2, 0) is 13.1 Å². The number of ether oxygens (including phenoxy) is 1. The lowest BCUT2D eigenvalue weighted by atomic mass is 10.2. The topological polar surface area (TPSA) is 74.3 Å². The molecule has 6 heteroatoms. The highest BCUT2D eigenvalue weighted by Gasteiger charge is 2.19. The Labute approximate surface area is 129 Å². The summed E-state index contributed by atoms with van der Waals surface area (Å²) in [5.41, 5.74) is 0.594. The molecular weight excluding hydrogens is 280 g/mol. The minimum absolute atomic E-state index is 0.233. The highest BCUT2D eigenvalue weighted by Crippen LogP contribution is 2.13. The van der Waals surface area contributed by atoms with Gasteiger partial charge in [0.1, 0.15) is 24.3 Å². The van der Waals surface area contributed by atoms with E-state index in [9.17, 15) is 5.11 Å². The zero-order chi connectivity index (χ0) is 15.4. The SMILES string of the molecule is N#Cc1ccc(OC[C@@H](O)CN2CCn3ccnc3C2)cc1. The monoisotopic (exact) mass is 298 g/mol. The Morgan fingerprint density at radius 2 is 2.14 bits per heavy atom. The van der Waals surface area contributed by atoms with Gasteiger partial charge < -0.3 is 14.4 Å². The van der Waals surface area contributed by atoms with E-state index in [4.69, 9.17) is 10.00 Å². The maximum absolute atomic E-state index is 10.1. The second-order valence-corrected chi connectivity index (χ2v) is 5.37. The second-order valence-electron chi connectivity index (χ2n) is 5.37. The number of aliphatic hydroxyl groups is 1. The van der Waals surface area contributed by atoms with Crippen molar-refractivity contribution in [1.82, 2.24) is 14.5 Å². The summed E-state index contributed by atoms with van der Waals surface area (Å²) < 4.78 is 7.69. The fraction of sp³-hybridized carbons (Fsp3) is 0.375. The van der Waals surface area contributed by atoms with E-state index in [1.165, 1.54) is 0 Å². The summed E-state index contributed by atoms with van der Waals surface area (Å²) in [5, 5.41) is 18.9. The lowest BCUT2D eigenvalue weighted by Gasteiger charge is -2.29. The van der Waals surface area contributed by atoms with E-state index in [1.807, 2.05) is 12.4 Å². The van der Waals surface area contributed by atoms with Gasteiger partial charge in [0.2, 0.25) is 0 Å². The first kappa shape index (κ1) is 14.6. The number of hydrogen-bond donors (Lipinski definition) is 1. The number of rotatable bonds is 5. The molecule has 3 rings (SSSR count). The van der Waals surface area contributed by atoms with E-state index in [1.54, 1.807) is 24.3 Å². The normalized spacial score (nSPS) is 15.8. The fourth-order valence-electron chi connectivity index (χ4n) is 2.55. The van der Waals surface area contributed by atoms with E-state index >= 15 is 0 Å².